The first-order valence-electron chi connectivity index (χ1n) is 6.61. The molecule has 0 N–H and O–H groups in total. The number of furan rings is 1. The van der Waals surface area contributed by atoms with E-state index in [1.54, 1.807) is 24.3 Å². The summed E-state index contributed by atoms with van der Waals surface area (Å²) in [5.41, 5.74) is 3.74. The van der Waals surface area contributed by atoms with E-state index in [-0.39, 0.29) is 0 Å². The van der Waals surface area contributed by atoms with Gasteiger partial charge in [-0.15, -0.1) is 0 Å². The Bertz CT molecular complexity index is 1050. The van der Waals surface area contributed by atoms with Crippen LogP contribution in [0.15, 0.2) is 52.9 Å². The Kier molecular flexibility index (Phi) is 2.81. The lowest BCUT2D eigenvalue weighted by atomic mass is 10.1. The normalized spacial score (nSPS) is 10.9. The van der Waals surface area contributed by atoms with Gasteiger partial charge in [0.1, 0.15) is 16.8 Å². The second-order valence-electron chi connectivity index (χ2n) is 4.80. The predicted molar refractivity (Wildman–Crippen MR) is 84.5 cm³/mol. The molecule has 0 bridgehead atoms. The second kappa shape index (κ2) is 4.83. The van der Waals surface area contributed by atoms with Crippen molar-refractivity contribution >= 4 is 33.8 Å². The van der Waals surface area contributed by atoms with E-state index in [1.165, 1.54) is 0 Å². The van der Waals surface area contributed by atoms with Crippen LogP contribution >= 0.6 is 11.6 Å². The fourth-order valence-electron chi connectivity index (χ4n) is 2.39. The molecule has 104 valence electrons. The zero-order valence-electron chi connectivity index (χ0n) is 11.2. The number of rotatable bonds is 1. The molecule has 4 rings (SSSR count). The van der Waals surface area contributed by atoms with E-state index >= 15 is 0 Å². The van der Waals surface area contributed by atoms with Gasteiger partial charge in [-0.2, -0.15) is 5.26 Å². The summed E-state index contributed by atoms with van der Waals surface area (Å²) in [6.07, 6.45) is 0. The molecule has 0 atom stereocenters. The van der Waals surface area contributed by atoms with Crippen LogP contribution in [0.1, 0.15) is 5.56 Å². The molecule has 0 fully saturated rings. The summed E-state index contributed by atoms with van der Waals surface area (Å²) >= 11 is 6.29. The van der Waals surface area contributed by atoms with Crippen molar-refractivity contribution in [2.24, 2.45) is 0 Å². The average Bonchev–Trinajstić information content (AvgIpc) is 2.92. The first-order chi connectivity index (χ1) is 10.8. The van der Waals surface area contributed by atoms with Crippen molar-refractivity contribution in [3.8, 4) is 17.3 Å². The Labute approximate surface area is 130 Å². The van der Waals surface area contributed by atoms with Gasteiger partial charge in [0, 0.05) is 10.9 Å². The van der Waals surface area contributed by atoms with Crippen molar-refractivity contribution in [1.29, 1.82) is 5.26 Å². The Balaban J connectivity index is 1.96. The van der Waals surface area contributed by atoms with Gasteiger partial charge in [0.05, 0.1) is 11.6 Å². The zero-order chi connectivity index (χ0) is 15.1. The number of hydrogen-bond donors (Lipinski definition) is 0. The first-order valence-corrected chi connectivity index (χ1v) is 6.99. The highest BCUT2D eigenvalue weighted by Crippen LogP contribution is 2.31. The summed E-state index contributed by atoms with van der Waals surface area (Å²) in [5.74, 6) is 0. The van der Waals surface area contributed by atoms with Gasteiger partial charge >= 0.3 is 0 Å². The molecule has 0 saturated carbocycles. The molecule has 0 saturated heterocycles. The third kappa shape index (κ3) is 1.92. The van der Waals surface area contributed by atoms with Crippen LogP contribution in [-0.2, 0) is 0 Å². The second-order valence-corrected chi connectivity index (χ2v) is 5.16. The molecule has 2 aromatic heterocycles. The molecule has 4 nitrogen and oxygen atoms in total. The number of nitrogens with zero attached hydrogens (tertiary/aromatic N) is 3. The molecule has 0 aliphatic carbocycles. The molecule has 4 aromatic rings. The van der Waals surface area contributed by atoms with Crippen molar-refractivity contribution in [3.05, 3.63) is 59.2 Å². The molecule has 5 heteroatoms. The van der Waals surface area contributed by atoms with Crippen LogP contribution in [0.4, 0.5) is 0 Å². The molecule has 0 amide bonds. The molecule has 2 heterocycles. The molecule has 0 spiro atoms. The smallest absolute Gasteiger partial charge is 0.247 e. The number of hydrogen-bond acceptors (Lipinski definition) is 4. The van der Waals surface area contributed by atoms with Crippen LogP contribution in [0.5, 0.6) is 0 Å². The van der Waals surface area contributed by atoms with Crippen molar-refractivity contribution in [2.75, 3.05) is 0 Å². The van der Waals surface area contributed by atoms with Gasteiger partial charge in [-0.25, -0.2) is 9.97 Å². The van der Waals surface area contributed by atoms with Gasteiger partial charge in [0.15, 0.2) is 5.15 Å². The maximum Gasteiger partial charge on any atom is 0.247 e. The lowest BCUT2D eigenvalue weighted by Crippen LogP contribution is -1.89. The Hall–Kier alpha value is -2.90. The van der Waals surface area contributed by atoms with Gasteiger partial charge in [0.2, 0.25) is 5.71 Å². The zero-order valence-corrected chi connectivity index (χ0v) is 12.0. The maximum absolute atomic E-state index is 8.86. The van der Waals surface area contributed by atoms with E-state index in [4.69, 9.17) is 21.3 Å². The molecule has 2 aromatic carbocycles. The molecular weight excluding hydrogens is 298 g/mol. The number of nitriles is 1. The number of aromatic nitrogens is 2. The fourth-order valence-corrected chi connectivity index (χ4v) is 2.62. The lowest BCUT2D eigenvalue weighted by molar-refractivity contribution is 0.653. The highest BCUT2D eigenvalue weighted by atomic mass is 35.5. The standard InChI is InChI=1S/C17H8ClN3O/c18-16-14(11-7-5-10(9-19)6-8-11)21-17-15(20-16)12-3-1-2-4-13(12)22-17/h1-8H. The molecule has 0 aliphatic rings. The van der Waals surface area contributed by atoms with Crippen LogP contribution < -0.4 is 0 Å². The van der Waals surface area contributed by atoms with Gasteiger partial charge < -0.3 is 4.42 Å². The van der Waals surface area contributed by atoms with Gasteiger partial charge in [-0.3, -0.25) is 0 Å². The minimum atomic E-state index is 0.309. The third-order valence-corrected chi connectivity index (χ3v) is 3.72. The van der Waals surface area contributed by atoms with E-state index in [2.05, 4.69) is 16.0 Å². The highest BCUT2D eigenvalue weighted by molar-refractivity contribution is 6.32. The topological polar surface area (TPSA) is 62.7 Å². The minimum Gasteiger partial charge on any atom is -0.436 e. The molecule has 0 unspecified atom stereocenters. The lowest BCUT2D eigenvalue weighted by Gasteiger charge is -2.02. The van der Waals surface area contributed by atoms with E-state index in [9.17, 15) is 0 Å². The Morgan fingerprint density at radius 3 is 2.55 bits per heavy atom. The van der Waals surface area contributed by atoms with Crippen molar-refractivity contribution in [3.63, 3.8) is 0 Å². The Morgan fingerprint density at radius 2 is 1.77 bits per heavy atom. The predicted octanol–water partition coefficient (Wildman–Crippen LogP) is 4.57. The molecule has 0 aliphatic heterocycles. The average molecular weight is 306 g/mol. The largest absolute Gasteiger partial charge is 0.436 e. The number of benzene rings is 2. The first kappa shape index (κ1) is 12.8. The van der Waals surface area contributed by atoms with Crippen LogP contribution in [0.2, 0.25) is 5.15 Å². The van der Waals surface area contributed by atoms with Gasteiger partial charge in [0.25, 0.3) is 0 Å². The monoisotopic (exact) mass is 305 g/mol. The molecule has 22 heavy (non-hydrogen) atoms. The SMILES string of the molecule is N#Cc1ccc(-c2nc3oc4ccccc4c3nc2Cl)cc1. The van der Waals surface area contributed by atoms with Crippen molar-refractivity contribution in [1.82, 2.24) is 9.97 Å². The summed E-state index contributed by atoms with van der Waals surface area (Å²) in [5, 5.41) is 10.1. The summed E-state index contributed by atoms with van der Waals surface area (Å²) in [6.45, 7) is 0. The summed E-state index contributed by atoms with van der Waals surface area (Å²) < 4.78 is 5.73. The van der Waals surface area contributed by atoms with Crippen molar-refractivity contribution in [2.45, 2.75) is 0 Å². The van der Waals surface area contributed by atoms with Crippen molar-refractivity contribution < 1.29 is 4.42 Å². The van der Waals surface area contributed by atoms with Crippen LogP contribution in [0.3, 0.4) is 0 Å². The van der Waals surface area contributed by atoms with E-state index in [0.717, 1.165) is 16.5 Å². The van der Waals surface area contributed by atoms with Gasteiger partial charge in [-0.1, -0.05) is 35.9 Å². The molecular formula is C17H8ClN3O. The Morgan fingerprint density at radius 1 is 1.00 bits per heavy atom. The third-order valence-electron chi connectivity index (χ3n) is 3.46. The fraction of sp³-hybridized carbons (Fsp3) is 0. The minimum absolute atomic E-state index is 0.309. The van der Waals surface area contributed by atoms with Crippen LogP contribution in [-0.4, -0.2) is 9.97 Å². The van der Waals surface area contributed by atoms with Gasteiger partial charge in [-0.05, 0) is 24.3 Å². The summed E-state index contributed by atoms with van der Waals surface area (Å²) in [7, 11) is 0. The molecule has 0 radical (unpaired) electrons. The maximum atomic E-state index is 8.86. The highest BCUT2D eigenvalue weighted by Gasteiger charge is 2.14. The number of fused-ring (bicyclic) bond motifs is 3. The number of halogens is 1. The van der Waals surface area contributed by atoms with E-state index < -0.39 is 0 Å². The number of para-hydroxylation sites is 1. The van der Waals surface area contributed by atoms with Crippen LogP contribution in [0, 0.1) is 11.3 Å². The quantitative estimate of drug-likeness (QED) is 0.517. The summed E-state index contributed by atoms with van der Waals surface area (Å²) in [6, 6.07) is 16.7. The summed E-state index contributed by atoms with van der Waals surface area (Å²) in [4.78, 5) is 8.92. The van der Waals surface area contributed by atoms with Crippen LogP contribution in [0.25, 0.3) is 33.5 Å². The van der Waals surface area contributed by atoms with E-state index in [1.807, 2.05) is 24.3 Å². The van der Waals surface area contributed by atoms with E-state index in [0.29, 0.717) is 27.6 Å².